The molecule has 0 aliphatic rings. The first-order chi connectivity index (χ1) is 12.7. The lowest BCUT2D eigenvalue weighted by Gasteiger charge is -2.17. The number of tetrazole rings is 1. The van der Waals surface area contributed by atoms with Crippen molar-refractivity contribution in [1.29, 1.82) is 0 Å². The van der Waals surface area contributed by atoms with Crippen LogP contribution in [0.25, 0.3) is 33.8 Å². The molecule has 1 atom stereocenters. The maximum absolute atomic E-state index is 11.9. The standard InChI is InChI=1S/C18H16N6O2/c1-2-14(18(25)26)24-15-10-6-5-9-13(15)19-17(24)12-8-4-3-7-11(12)16-20-22-23-21-16/h3-10,14H,2H2,1H3,(H,25,26)(H,20,21,22,23). The molecule has 0 aliphatic carbocycles. The zero-order valence-corrected chi connectivity index (χ0v) is 14.0. The molecule has 1 unspecified atom stereocenters. The van der Waals surface area contributed by atoms with Crippen molar-refractivity contribution in [2.24, 2.45) is 0 Å². The van der Waals surface area contributed by atoms with Crippen LogP contribution in [-0.4, -0.2) is 41.3 Å². The van der Waals surface area contributed by atoms with Gasteiger partial charge in [0.2, 0.25) is 5.82 Å². The maximum atomic E-state index is 11.9. The van der Waals surface area contributed by atoms with Gasteiger partial charge in [0.25, 0.3) is 0 Å². The lowest BCUT2D eigenvalue weighted by molar-refractivity contribution is -0.140. The highest BCUT2D eigenvalue weighted by molar-refractivity contribution is 5.87. The van der Waals surface area contributed by atoms with Gasteiger partial charge in [-0.2, -0.15) is 5.21 Å². The molecule has 2 N–H and O–H groups in total. The topological polar surface area (TPSA) is 110 Å². The van der Waals surface area contributed by atoms with Gasteiger partial charge in [-0.1, -0.05) is 43.3 Å². The molecule has 0 saturated carbocycles. The Bertz CT molecular complexity index is 1070. The van der Waals surface area contributed by atoms with Crippen molar-refractivity contribution in [1.82, 2.24) is 30.2 Å². The van der Waals surface area contributed by atoms with E-state index >= 15 is 0 Å². The van der Waals surface area contributed by atoms with Gasteiger partial charge >= 0.3 is 5.97 Å². The second-order valence-corrected chi connectivity index (χ2v) is 5.84. The highest BCUT2D eigenvalue weighted by atomic mass is 16.4. The first kappa shape index (κ1) is 15.9. The summed E-state index contributed by atoms with van der Waals surface area (Å²) < 4.78 is 1.77. The fraction of sp³-hybridized carbons (Fsp3) is 0.167. The second kappa shape index (κ2) is 6.40. The molecular formula is C18H16N6O2. The molecule has 2 aromatic carbocycles. The van der Waals surface area contributed by atoms with Crippen LogP contribution < -0.4 is 0 Å². The third-order valence-electron chi connectivity index (χ3n) is 4.33. The number of benzene rings is 2. The van der Waals surface area contributed by atoms with Crippen molar-refractivity contribution in [3.8, 4) is 22.8 Å². The van der Waals surface area contributed by atoms with Gasteiger partial charge in [-0.15, -0.1) is 10.2 Å². The zero-order valence-electron chi connectivity index (χ0n) is 14.0. The van der Waals surface area contributed by atoms with Crippen LogP contribution in [-0.2, 0) is 4.79 Å². The quantitative estimate of drug-likeness (QED) is 0.574. The zero-order chi connectivity index (χ0) is 18.1. The molecule has 0 bridgehead atoms. The average molecular weight is 348 g/mol. The van der Waals surface area contributed by atoms with Crippen LogP contribution in [0.1, 0.15) is 19.4 Å². The Morgan fingerprint density at radius 2 is 1.88 bits per heavy atom. The molecule has 0 radical (unpaired) electrons. The highest BCUT2D eigenvalue weighted by Gasteiger charge is 2.26. The summed E-state index contributed by atoms with van der Waals surface area (Å²) >= 11 is 0. The van der Waals surface area contributed by atoms with Gasteiger partial charge < -0.3 is 9.67 Å². The van der Waals surface area contributed by atoms with Gasteiger partial charge in [-0.3, -0.25) is 0 Å². The molecule has 0 fully saturated rings. The number of carboxylic acids is 1. The summed E-state index contributed by atoms with van der Waals surface area (Å²) in [5.74, 6) is 0.109. The average Bonchev–Trinajstić information content (AvgIpc) is 3.31. The van der Waals surface area contributed by atoms with Gasteiger partial charge in [0.1, 0.15) is 11.9 Å². The number of nitrogens with one attached hydrogen (secondary N) is 1. The molecule has 130 valence electrons. The van der Waals surface area contributed by atoms with E-state index in [4.69, 9.17) is 4.98 Å². The van der Waals surface area contributed by atoms with E-state index < -0.39 is 12.0 Å². The van der Waals surface area contributed by atoms with Crippen molar-refractivity contribution >= 4 is 17.0 Å². The number of hydrogen-bond acceptors (Lipinski definition) is 5. The van der Waals surface area contributed by atoms with Crippen molar-refractivity contribution < 1.29 is 9.90 Å². The van der Waals surface area contributed by atoms with Gasteiger partial charge in [-0.05, 0) is 23.8 Å². The van der Waals surface area contributed by atoms with Gasteiger partial charge in [-0.25, -0.2) is 9.78 Å². The van der Waals surface area contributed by atoms with Crippen LogP contribution in [0.5, 0.6) is 0 Å². The Hall–Kier alpha value is -3.55. The highest BCUT2D eigenvalue weighted by Crippen LogP contribution is 2.34. The Balaban J connectivity index is 2.03. The van der Waals surface area contributed by atoms with E-state index in [1.807, 2.05) is 55.5 Å². The van der Waals surface area contributed by atoms with Crippen LogP contribution in [0.15, 0.2) is 48.5 Å². The number of imidazole rings is 1. The molecule has 26 heavy (non-hydrogen) atoms. The number of H-pyrrole nitrogens is 1. The van der Waals surface area contributed by atoms with Crippen LogP contribution in [0, 0.1) is 0 Å². The summed E-state index contributed by atoms with van der Waals surface area (Å²) in [5.41, 5.74) is 3.01. The lowest BCUT2D eigenvalue weighted by atomic mass is 10.1. The molecule has 4 rings (SSSR count). The lowest BCUT2D eigenvalue weighted by Crippen LogP contribution is -2.19. The normalized spacial score (nSPS) is 12.3. The summed E-state index contributed by atoms with van der Waals surface area (Å²) in [6.45, 7) is 1.85. The molecule has 0 saturated heterocycles. The third-order valence-corrected chi connectivity index (χ3v) is 4.33. The summed E-state index contributed by atoms with van der Waals surface area (Å²) in [4.78, 5) is 16.6. The molecule has 0 amide bonds. The maximum Gasteiger partial charge on any atom is 0.326 e. The Labute approximate surface area is 148 Å². The number of aromatic amines is 1. The number of rotatable bonds is 5. The monoisotopic (exact) mass is 348 g/mol. The van der Waals surface area contributed by atoms with E-state index in [0.717, 1.165) is 22.2 Å². The summed E-state index contributed by atoms with van der Waals surface area (Å²) in [6, 6.07) is 14.3. The molecule has 8 nitrogen and oxygen atoms in total. The largest absolute Gasteiger partial charge is 0.480 e. The van der Waals surface area contributed by atoms with Crippen molar-refractivity contribution in [3.63, 3.8) is 0 Å². The number of nitrogens with zero attached hydrogens (tertiary/aromatic N) is 5. The summed E-state index contributed by atoms with van der Waals surface area (Å²) in [5, 5.41) is 23.9. The third kappa shape index (κ3) is 2.52. The molecule has 2 aromatic heterocycles. The number of para-hydroxylation sites is 2. The molecule has 2 heterocycles. The molecule has 0 aliphatic heterocycles. The minimum atomic E-state index is -0.894. The predicted molar refractivity (Wildman–Crippen MR) is 95.3 cm³/mol. The number of fused-ring (bicyclic) bond motifs is 1. The van der Waals surface area contributed by atoms with E-state index in [1.54, 1.807) is 4.57 Å². The molecule has 4 aromatic rings. The molecule has 8 heteroatoms. The first-order valence-electron chi connectivity index (χ1n) is 8.23. The minimum Gasteiger partial charge on any atom is -0.480 e. The van der Waals surface area contributed by atoms with E-state index in [0.29, 0.717) is 18.1 Å². The van der Waals surface area contributed by atoms with Crippen LogP contribution in [0.2, 0.25) is 0 Å². The molecular weight excluding hydrogens is 332 g/mol. The Kier molecular flexibility index (Phi) is 3.92. The number of aromatic nitrogens is 6. The second-order valence-electron chi connectivity index (χ2n) is 5.84. The number of aliphatic carboxylic acids is 1. The number of carbonyl (C=O) groups is 1. The van der Waals surface area contributed by atoms with E-state index in [2.05, 4.69) is 20.6 Å². The first-order valence-corrected chi connectivity index (χ1v) is 8.23. The number of hydrogen-bond donors (Lipinski definition) is 2. The van der Waals surface area contributed by atoms with Crippen molar-refractivity contribution in [2.45, 2.75) is 19.4 Å². The van der Waals surface area contributed by atoms with Gasteiger partial charge in [0, 0.05) is 11.1 Å². The smallest absolute Gasteiger partial charge is 0.326 e. The number of carboxylic acid groups (broad SMARTS) is 1. The fourth-order valence-electron chi connectivity index (χ4n) is 3.17. The van der Waals surface area contributed by atoms with Gasteiger partial charge in [0.05, 0.1) is 11.0 Å². The fourth-order valence-corrected chi connectivity index (χ4v) is 3.17. The SMILES string of the molecule is CCC(C(=O)O)n1c(-c2ccccc2-c2nn[nH]n2)nc2ccccc21. The van der Waals surface area contributed by atoms with Gasteiger partial charge in [0.15, 0.2) is 0 Å². The van der Waals surface area contributed by atoms with E-state index in [1.165, 1.54) is 0 Å². The van der Waals surface area contributed by atoms with E-state index in [-0.39, 0.29) is 0 Å². The molecule has 0 spiro atoms. The van der Waals surface area contributed by atoms with Crippen LogP contribution in [0.3, 0.4) is 0 Å². The van der Waals surface area contributed by atoms with Crippen molar-refractivity contribution in [2.75, 3.05) is 0 Å². The predicted octanol–water partition coefficient (Wildman–Crippen LogP) is 2.92. The summed E-state index contributed by atoms with van der Waals surface area (Å²) in [7, 11) is 0. The van der Waals surface area contributed by atoms with E-state index in [9.17, 15) is 9.90 Å². The van der Waals surface area contributed by atoms with Crippen LogP contribution >= 0.6 is 0 Å². The summed E-state index contributed by atoms with van der Waals surface area (Å²) in [6.07, 6.45) is 0.438. The van der Waals surface area contributed by atoms with Crippen molar-refractivity contribution in [3.05, 3.63) is 48.5 Å². The minimum absolute atomic E-state index is 0.433. The van der Waals surface area contributed by atoms with Crippen LogP contribution in [0.4, 0.5) is 0 Å². The Morgan fingerprint density at radius 1 is 1.15 bits per heavy atom. The Morgan fingerprint density at radius 3 is 2.58 bits per heavy atom.